The van der Waals surface area contributed by atoms with E-state index in [1.54, 1.807) is 12.3 Å². The number of fused-ring (bicyclic) bond motifs is 2. The summed E-state index contributed by atoms with van der Waals surface area (Å²) in [5.41, 5.74) is 1.12. The van der Waals surface area contributed by atoms with Crippen LogP contribution in [0.2, 0.25) is 0 Å². The van der Waals surface area contributed by atoms with Gasteiger partial charge in [-0.1, -0.05) is 13.8 Å². The van der Waals surface area contributed by atoms with E-state index in [9.17, 15) is 9.18 Å². The van der Waals surface area contributed by atoms with Crippen molar-refractivity contribution >= 4 is 16.8 Å². The highest BCUT2D eigenvalue weighted by molar-refractivity contribution is 7.83. The van der Waals surface area contributed by atoms with Crippen molar-refractivity contribution in [2.45, 2.75) is 64.7 Å². The lowest BCUT2D eigenvalue weighted by molar-refractivity contribution is 0.0143. The van der Waals surface area contributed by atoms with Gasteiger partial charge in [0.05, 0.1) is 12.2 Å². The quantitative estimate of drug-likeness (QED) is 0.630. The molecule has 6 heteroatoms. The molecule has 3 atom stereocenters. The van der Waals surface area contributed by atoms with Gasteiger partial charge in [-0.05, 0) is 91.1 Å². The highest BCUT2D eigenvalue weighted by atomic mass is 32.2. The third-order valence-electron chi connectivity index (χ3n) is 6.88. The first kappa shape index (κ1) is 20.8. The Morgan fingerprint density at radius 2 is 1.93 bits per heavy atom. The van der Waals surface area contributed by atoms with Gasteiger partial charge in [-0.15, -0.1) is 0 Å². The van der Waals surface area contributed by atoms with E-state index in [1.807, 2.05) is 0 Å². The van der Waals surface area contributed by atoms with E-state index in [0.717, 1.165) is 36.2 Å². The third-order valence-corrected chi connectivity index (χ3v) is 7.38. The number of amides is 1. The SMILES string of the molecule is CC1CC2CC(C1)CC(C)(COc1cc(F)c(C(=O)NS(C)=N)cc1C1CC1)C2. The maximum Gasteiger partial charge on any atom is 0.264 e. The standard InChI is InChI=1S/C23H33FN2O2S/c1-14-6-15-8-16(7-14)12-23(2,11-15)13-28-21-10-20(24)19(22(27)26-29(3)25)9-18(21)17-4-5-17/h9-10,14-17H,4-8,11-13H2,1-3H3,(H2,25,26,27). The Balaban J connectivity index is 1.50. The van der Waals surface area contributed by atoms with Crippen LogP contribution >= 0.6 is 0 Å². The minimum absolute atomic E-state index is 0.0262. The van der Waals surface area contributed by atoms with Gasteiger partial charge < -0.3 is 4.74 Å². The van der Waals surface area contributed by atoms with Crippen LogP contribution < -0.4 is 9.46 Å². The van der Waals surface area contributed by atoms with Crippen molar-refractivity contribution in [2.75, 3.05) is 12.9 Å². The zero-order valence-electron chi connectivity index (χ0n) is 17.7. The third kappa shape index (κ3) is 4.84. The summed E-state index contributed by atoms with van der Waals surface area (Å²) in [6, 6.07) is 3.06. The van der Waals surface area contributed by atoms with Crippen molar-refractivity contribution in [1.82, 2.24) is 4.72 Å². The molecule has 1 amide bonds. The van der Waals surface area contributed by atoms with Crippen molar-refractivity contribution in [3.63, 3.8) is 0 Å². The molecular weight excluding hydrogens is 387 g/mol. The van der Waals surface area contributed by atoms with Crippen LogP contribution in [-0.2, 0) is 10.9 Å². The Bertz CT molecular complexity index is 805. The molecule has 3 unspecified atom stereocenters. The van der Waals surface area contributed by atoms with Crippen LogP contribution in [0.4, 0.5) is 4.39 Å². The molecule has 4 rings (SSSR count). The van der Waals surface area contributed by atoms with Crippen molar-refractivity contribution < 1.29 is 13.9 Å². The number of halogens is 1. The summed E-state index contributed by atoms with van der Waals surface area (Å²) >= 11 is 0. The van der Waals surface area contributed by atoms with Gasteiger partial charge in [0.1, 0.15) is 11.6 Å². The first-order chi connectivity index (χ1) is 13.7. The van der Waals surface area contributed by atoms with Crippen LogP contribution in [0.15, 0.2) is 12.1 Å². The summed E-state index contributed by atoms with van der Waals surface area (Å²) in [6.45, 7) is 5.32. The number of hydrogen-bond donors (Lipinski definition) is 2. The molecule has 0 heterocycles. The zero-order chi connectivity index (χ0) is 20.8. The van der Waals surface area contributed by atoms with Gasteiger partial charge in [-0.2, -0.15) is 0 Å². The van der Waals surface area contributed by atoms with Crippen molar-refractivity contribution in [3.8, 4) is 5.75 Å². The Kier molecular flexibility index (Phi) is 5.75. The van der Waals surface area contributed by atoms with E-state index in [-0.39, 0.29) is 11.0 Å². The van der Waals surface area contributed by atoms with Crippen LogP contribution in [0.1, 0.15) is 80.6 Å². The minimum atomic E-state index is -1.03. The van der Waals surface area contributed by atoms with Crippen molar-refractivity contribution in [1.29, 1.82) is 4.78 Å². The number of ether oxygens (including phenoxy) is 1. The largest absolute Gasteiger partial charge is 0.493 e. The molecule has 1 aromatic rings. The summed E-state index contributed by atoms with van der Waals surface area (Å²) in [6.07, 6.45) is 10.1. The van der Waals surface area contributed by atoms with Gasteiger partial charge in [0, 0.05) is 17.7 Å². The molecule has 2 N–H and O–H groups in total. The maximum atomic E-state index is 14.7. The maximum absolute atomic E-state index is 14.7. The number of rotatable bonds is 6. The summed E-state index contributed by atoms with van der Waals surface area (Å²) in [5, 5.41) is 0. The smallest absolute Gasteiger partial charge is 0.264 e. The highest BCUT2D eigenvalue weighted by Crippen LogP contribution is 2.51. The average molecular weight is 421 g/mol. The molecule has 3 saturated carbocycles. The van der Waals surface area contributed by atoms with Gasteiger partial charge >= 0.3 is 0 Å². The molecule has 0 aliphatic heterocycles. The second-order valence-electron chi connectivity index (χ2n) is 10.1. The predicted octanol–water partition coefficient (Wildman–Crippen LogP) is 5.59. The lowest BCUT2D eigenvalue weighted by atomic mass is 9.60. The molecular formula is C23H33FN2O2S. The van der Waals surface area contributed by atoms with Gasteiger partial charge in [0.15, 0.2) is 0 Å². The summed E-state index contributed by atoms with van der Waals surface area (Å²) in [5.74, 6) is 2.31. The molecule has 3 aliphatic carbocycles. The second-order valence-corrected chi connectivity index (χ2v) is 11.4. The average Bonchev–Trinajstić information content (AvgIpc) is 3.43. The molecule has 1 aromatic carbocycles. The minimum Gasteiger partial charge on any atom is -0.493 e. The van der Waals surface area contributed by atoms with Gasteiger partial charge in [0.2, 0.25) is 0 Å². The molecule has 2 bridgehead atoms. The molecule has 3 aliphatic rings. The van der Waals surface area contributed by atoms with E-state index in [1.165, 1.54) is 38.2 Å². The molecule has 0 radical (unpaired) electrons. The number of carbonyl (C=O) groups is 1. The van der Waals surface area contributed by atoms with E-state index in [2.05, 4.69) is 18.6 Å². The van der Waals surface area contributed by atoms with Crippen LogP contribution in [-0.4, -0.2) is 18.8 Å². The topological polar surface area (TPSA) is 62.2 Å². The van der Waals surface area contributed by atoms with Crippen molar-refractivity contribution in [2.24, 2.45) is 23.2 Å². The Hall–Kier alpha value is -1.43. The number of nitrogens with one attached hydrogen (secondary N) is 2. The molecule has 0 saturated heterocycles. The molecule has 0 aromatic heterocycles. The van der Waals surface area contributed by atoms with Crippen LogP contribution in [0.3, 0.4) is 0 Å². The van der Waals surface area contributed by atoms with E-state index in [4.69, 9.17) is 9.52 Å². The molecule has 29 heavy (non-hydrogen) atoms. The Labute approximate surface area is 176 Å². The molecule has 0 spiro atoms. The van der Waals surface area contributed by atoms with Gasteiger partial charge in [0.25, 0.3) is 5.91 Å². The van der Waals surface area contributed by atoms with Gasteiger partial charge in [-0.3, -0.25) is 14.3 Å². The summed E-state index contributed by atoms with van der Waals surface area (Å²) < 4.78 is 31.0. The normalized spacial score (nSPS) is 32.5. The monoisotopic (exact) mass is 420 g/mol. The van der Waals surface area contributed by atoms with Crippen LogP contribution in [0, 0.1) is 33.8 Å². The predicted molar refractivity (Wildman–Crippen MR) is 115 cm³/mol. The summed E-state index contributed by atoms with van der Waals surface area (Å²) in [4.78, 5) is 12.3. The second kappa shape index (κ2) is 8.01. The molecule has 4 nitrogen and oxygen atoms in total. The first-order valence-electron chi connectivity index (χ1n) is 10.9. The molecule has 3 fully saturated rings. The zero-order valence-corrected chi connectivity index (χ0v) is 18.5. The summed E-state index contributed by atoms with van der Waals surface area (Å²) in [7, 11) is -1.03. The lowest BCUT2D eigenvalue weighted by Gasteiger charge is -2.47. The number of carbonyl (C=O) groups excluding carboxylic acids is 1. The number of benzene rings is 1. The molecule has 160 valence electrons. The van der Waals surface area contributed by atoms with E-state index >= 15 is 0 Å². The van der Waals surface area contributed by atoms with Crippen molar-refractivity contribution in [3.05, 3.63) is 29.1 Å². The fourth-order valence-corrected chi connectivity index (χ4v) is 6.24. The van der Waals surface area contributed by atoms with E-state index in [0.29, 0.717) is 18.3 Å². The Morgan fingerprint density at radius 3 is 2.52 bits per heavy atom. The lowest BCUT2D eigenvalue weighted by Crippen LogP contribution is -2.39. The first-order valence-corrected chi connectivity index (χ1v) is 12.5. The highest BCUT2D eigenvalue weighted by Gasteiger charge is 2.41. The fourth-order valence-electron chi connectivity index (χ4n) is 5.86. The van der Waals surface area contributed by atoms with Crippen LogP contribution in [0.5, 0.6) is 5.75 Å². The van der Waals surface area contributed by atoms with Crippen LogP contribution in [0.25, 0.3) is 0 Å². The van der Waals surface area contributed by atoms with Gasteiger partial charge in [-0.25, -0.2) is 4.39 Å². The number of hydrogen-bond acceptors (Lipinski definition) is 3. The fraction of sp³-hybridized carbons (Fsp3) is 0.696. The van der Waals surface area contributed by atoms with E-state index < -0.39 is 22.6 Å². The Morgan fingerprint density at radius 1 is 1.28 bits per heavy atom.